The number of rotatable bonds is 9. The minimum atomic E-state index is -0.286. The van der Waals surface area contributed by atoms with Gasteiger partial charge in [0.25, 0.3) is 0 Å². The summed E-state index contributed by atoms with van der Waals surface area (Å²) in [6.07, 6.45) is 4.83. The molecule has 1 aliphatic heterocycles. The Balaban J connectivity index is 1.40. The summed E-state index contributed by atoms with van der Waals surface area (Å²) >= 11 is 1.42. The molecule has 1 saturated heterocycles. The van der Waals surface area contributed by atoms with Crippen LogP contribution in [0.4, 0.5) is 15.3 Å². The van der Waals surface area contributed by atoms with E-state index in [1.54, 1.807) is 16.6 Å². The second-order valence-electron chi connectivity index (χ2n) is 10.7. The zero-order valence-corrected chi connectivity index (χ0v) is 22.8. The average molecular weight is 516 g/mol. The number of nitrogens with zero attached hydrogens (tertiary/aromatic N) is 5. The van der Waals surface area contributed by atoms with Crippen LogP contribution in [0.2, 0.25) is 0 Å². The molecule has 1 amide bonds. The first-order valence-corrected chi connectivity index (χ1v) is 13.6. The summed E-state index contributed by atoms with van der Waals surface area (Å²) in [5.74, 6) is 0.444. The Labute approximate surface area is 216 Å². The highest BCUT2D eigenvalue weighted by atomic mass is 32.1. The van der Waals surface area contributed by atoms with Crippen molar-refractivity contribution in [2.45, 2.75) is 65.0 Å². The van der Waals surface area contributed by atoms with E-state index in [0.29, 0.717) is 22.7 Å². The van der Waals surface area contributed by atoms with E-state index in [2.05, 4.69) is 43.2 Å². The first kappa shape index (κ1) is 26.3. The molecule has 2 aromatic heterocycles. The van der Waals surface area contributed by atoms with Gasteiger partial charge in [-0.15, -0.1) is 5.10 Å². The Morgan fingerprint density at radius 2 is 2.00 bits per heavy atom. The fourth-order valence-corrected chi connectivity index (χ4v) is 5.37. The van der Waals surface area contributed by atoms with Crippen molar-refractivity contribution in [3.63, 3.8) is 0 Å². The Kier molecular flexibility index (Phi) is 8.14. The molecule has 1 aromatic carbocycles. The summed E-state index contributed by atoms with van der Waals surface area (Å²) in [5.41, 5.74) is 1.31. The largest absolute Gasteiger partial charge is 0.364 e. The van der Waals surface area contributed by atoms with Crippen molar-refractivity contribution in [2.24, 2.45) is 0 Å². The van der Waals surface area contributed by atoms with Crippen LogP contribution >= 0.6 is 11.3 Å². The highest BCUT2D eigenvalue weighted by Gasteiger charge is 2.23. The van der Waals surface area contributed by atoms with E-state index in [9.17, 15) is 9.18 Å². The number of nitrogens with one attached hydrogen (secondary N) is 2. The molecule has 0 radical (unpaired) electrons. The molecule has 0 bridgehead atoms. The number of likely N-dealkylation sites (tertiary alicyclic amines) is 1. The molecular formula is C26H38FN7OS. The number of benzene rings is 1. The van der Waals surface area contributed by atoms with Crippen LogP contribution < -0.4 is 15.5 Å². The first-order valence-electron chi connectivity index (χ1n) is 12.8. The van der Waals surface area contributed by atoms with E-state index in [4.69, 9.17) is 10.1 Å². The molecule has 196 valence electrons. The van der Waals surface area contributed by atoms with Gasteiger partial charge < -0.3 is 20.4 Å². The van der Waals surface area contributed by atoms with E-state index in [1.807, 2.05) is 11.9 Å². The minimum Gasteiger partial charge on any atom is -0.364 e. The minimum absolute atomic E-state index is 0.0166. The van der Waals surface area contributed by atoms with E-state index in [-0.39, 0.29) is 23.8 Å². The van der Waals surface area contributed by atoms with E-state index < -0.39 is 0 Å². The van der Waals surface area contributed by atoms with Crippen molar-refractivity contribution in [3.05, 3.63) is 30.1 Å². The topological polar surface area (TPSA) is 77.8 Å². The third-order valence-electron chi connectivity index (χ3n) is 6.40. The lowest BCUT2D eigenvalue weighted by Gasteiger charge is -2.33. The summed E-state index contributed by atoms with van der Waals surface area (Å²) < 4.78 is 15.2. The second-order valence-corrected chi connectivity index (χ2v) is 11.6. The van der Waals surface area contributed by atoms with Crippen molar-refractivity contribution in [2.75, 3.05) is 43.4 Å². The van der Waals surface area contributed by atoms with Crippen molar-refractivity contribution in [1.82, 2.24) is 24.8 Å². The van der Waals surface area contributed by atoms with Crippen LogP contribution in [0.15, 0.2) is 24.3 Å². The van der Waals surface area contributed by atoms with Gasteiger partial charge in [-0.1, -0.05) is 17.8 Å². The number of hydrogen-bond acceptors (Lipinski definition) is 7. The summed E-state index contributed by atoms with van der Waals surface area (Å²) in [5, 5.41) is 12.0. The molecule has 1 aliphatic rings. The van der Waals surface area contributed by atoms with Gasteiger partial charge >= 0.3 is 0 Å². The standard InChI is InChI=1S/C26H38FN7OS/c1-18-9-6-7-15-33(18)16-8-14-28-21(35)17-32(5)25-31-34-23(30-26(2,3)4)22(29-24(34)36-25)19-10-12-20(27)13-11-19/h10-13,18,30H,6-9,14-17H2,1-5H3,(H,28,35)/t18-/m1/s1. The number of carbonyl (C=O) groups is 1. The molecule has 1 atom stereocenters. The number of piperidine rings is 1. The number of amides is 1. The van der Waals surface area contributed by atoms with Crippen LogP contribution in [0.1, 0.15) is 53.4 Å². The van der Waals surface area contributed by atoms with Gasteiger partial charge in [0.1, 0.15) is 11.5 Å². The van der Waals surface area contributed by atoms with Gasteiger partial charge in [-0.2, -0.15) is 4.52 Å². The quantitative estimate of drug-likeness (QED) is 0.405. The fraction of sp³-hybridized carbons (Fsp3) is 0.577. The summed E-state index contributed by atoms with van der Waals surface area (Å²) in [6.45, 7) is 11.6. The molecule has 0 aliphatic carbocycles. The number of imidazole rings is 1. The number of likely N-dealkylation sites (N-methyl/N-ethyl adjacent to an activating group) is 1. The third-order valence-corrected chi connectivity index (χ3v) is 7.42. The van der Waals surface area contributed by atoms with Gasteiger partial charge in [-0.3, -0.25) is 4.79 Å². The number of aromatic nitrogens is 3. The molecule has 2 N–H and O–H groups in total. The monoisotopic (exact) mass is 515 g/mol. The van der Waals surface area contributed by atoms with Crippen molar-refractivity contribution < 1.29 is 9.18 Å². The van der Waals surface area contributed by atoms with Crippen molar-refractivity contribution >= 4 is 33.2 Å². The number of anilines is 2. The molecule has 1 fully saturated rings. The van der Waals surface area contributed by atoms with Gasteiger partial charge in [-0.05, 0) is 77.8 Å². The van der Waals surface area contributed by atoms with Gasteiger partial charge in [0.15, 0.2) is 5.82 Å². The average Bonchev–Trinajstić information content (AvgIpc) is 3.37. The molecule has 36 heavy (non-hydrogen) atoms. The Morgan fingerprint density at radius 3 is 2.69 bits per heavy atom. The molecule has 3 heterocycles. The summed E-state index contributed by atoms with van der Waals surface area (Å²) in [6, 6.07) is 6.95. The Hall–Kier alpha value is -2.72. The van der Waals surface area contributed by atoms with Gasteiger partial charge in [0.2, 0.25) is 16.0 Å². The second kappa shape index (κ2) is 11.1. The zero-order valence-electron chi connectivity index (χ0n) is 22.0. The van der Waals surface area contributed by atoms with Gasteiger partial charge in [0, 0.05) is 37.3 Å². The van der Waals surface area contributed by atoms with Crippen LogP contribution in [0.25, 0.3) is 16.2 Å². The van der Waals surface area contributed by atoms with Crippen molar-refractivity contribution in [1.29, 1.82) is 0 Å². The van der Waals surface area contributed by atoms with Crippen LogP contribution in [-0.4, -0.2) is 70.2 Å². The maximum Gasteiger partial charge on any atom is 0.239 e. The molecular weight excluding hydrogens is 477 g/mol. The molecule has 0 unspecified atom stereocenters. The van der Waals surface area contributed by atoms with Gasteiger partial charge in [-0.25, -0.2) is 9.37 Å². The molecule has 3 aromatic rings. The Morgan fingerprint density at radius 1 is 1.25 bits per heavy atom. The lowest BCUT2D eigenvalue weighted by atomic mass is 10.0. The lowest BCUT2D eigenvalue weighted by Crippen LogP contribution is -2.40. The maximum atomic E-state index is 13.5. The predicted octanol–water partition coefficient (Wildman–Crippen LogP) is 4.62. The van der Waals surface area contributed by atoms with Crippen LogP contribution in [0, 0.1) is 5.82 Å². The van der Waals surface area contributed by atoms with Crippen molar-refractivity contribution in [3.8, 4) is 11.3 Å². The number of carbonyl (C=O) groups excluding carboxylic acids is 1. The Bertz CT molecular complexity index is 1170. The van der Waals surface area contributed by atoms with Crippen LogP contribution in [-0.2, 0) is 4.79 Å². The first-order chi connectivity index (χ1) is 17.1. The summed E-state index contributed by atoms with van der Waals surface area (Å²) in [4.78, 5) is 22.4. The highest BCUT2D eigenvalue weighted by molar-refractivity contribution is 7.20. The smallest absolute Gasteiger partial charge is 0.239 e. The SMILES string of the molecule is C[C@@H]1CCCCN1CCCNC(=O)CN(C)c1nn2c(NC(C)(C)C)c(-c3ccc(F)cc3)nc2s1. The number of halogens is 1. The molecule has 4 rings (SSSR count). The number of fused-ring (bicyclic) bond motifs is 1. The molecule has 0 saturated carbocycles. The highest BCUT2D eigenvalue weighted by Crippen LogP contribution is 2.34. The maximum absolute atomic E-state index is 13.5. The number of hydrogen-bond donors (Lipinski definition) is 2. The zero-order chi connectivity index (χ0) is 25.9. The van der Waals surface area contributed by atoms with E-state index in [0.717, 1.165) is 30.0 Å². The molecule has 10 heteroatoms. The predicted molar refractivity (Wildman–Crippen MR) is 145 cm³/mol. The van der Waals surface area contributed by atoms with Gasteiger partial charge in [0.05, 0.1) is 6.54 Å². The molecule has 0 spiro atoms. The lowest BCUT2D eigenvalue weighted by molar-refractivity contribution is -0.119. The van der Waals surface area contributed by atoms with Crippen LogP contribution in [0.3, 0.4) is 0 Å². The fourth-order valence-electron chi connectivity index (χ4n) is 4.51. The summed E-state index contributed by atoms with van der Waals surface area (Å²) in [7, 11) is 1.87. The normalized spacial score (nSPS) is 16.9. The van der Waals surface area contributed by atoms with E-state index in [1.165, 1.54) is 49.3 Å². The third kappa shape index (κ3) is 6.53. The molecule has 8 nitrogen and oxygen atoms in total. The van der Waals surface area contributed by atoms with Crippen LogP contribution in [0.5, 0.6) is 0 Å². The van der Waals surface area contributed by atoms with E-state index >= 15 is 0 Å².